The Hall–Kier alpha value is -3.42. The largest absolute Gasteiger partial charge is 0.496 e. The summed E-state index contributed by atoms with van der Waals surface area (Å²) in [6.45, 7) is 5.39. The van der Waals surface area contributed by atoms with E-state index in [4.69, 9.17) is 4.74 Å². The maximum absolute atomic E-state index is 12.9. The van der Waals surface area contributed by atoms with Crippen molar-refractivity contribution in [1.29, 1.82) is 0 Å². The van der Waals surface area contributed by atoms with Crippen LogP contribution in [0.15, 0.2) is 42.6 Å². The molecule has 0 spiro atoms. The molecule has 8 heteroatoms. The molecular weight excluding hydrogens is 384 g/mol. The van der Waals surface area contributed by atoms with Crippen molar-refractivity contribution in [2.75, 3.05) is 26.0 Å². The molecule has 8 nitrogen and oxygen atoms in total. The molecule has 1 atom stereocenters. The Balaban J connectivity index is 2.04. The van der Waals surface area contributed by atoms with E-state index in [-0.39, 0.29) is 24.3 Å². The van der Waals surface area contributed by atoms with Crippen LogP contribution in [0.1, 0.15) is 29.8 Å². The van der Waals surface area contributed by atoms with Gasteiger partial charge in [0.1, 0.15) is 17.6 Å². The van der Waals surface area contributed by atoms with Gasteiger partial charge in [0.05, 0.1) is 19.2 Å². The third-order valence-electron chi connectivity index (χ3n) is 4.51. The number of rotatable bonds is 8. The first-order chi connectivity index (χ1) is 14.2. The minimum Gasteiger partial charge on any atom is -0.496 e. The first kappa shape index (κ1) is 22.9. The highest BCUT2D eigenvalue weighted by Gasteiger charge is 2.29. The van der Waals surface area contributed by atoms with Gasteiger partial charge in [-0.25, -0.2) is 4.98 Å². The number of benzene rings is 1. The zero-order valence-electron chi connectivity index (χ0n) is 17.9. The molecule has 2 N–H and O–H groups in total. The van der Waals surface area contributed by atoms with Gasteiger partial charge in [0.2, 0.25) is 11.8 Å². The molecule has 2 aromatic rings. The molecule has 0 aliphatic carbocycles. The number of carbonyl (C=O) groups is 3. The highest BCUT2D eigenvalue weighted by molar-refractivity contribution is 6.00. The number of hydrogen-bond acceptors (Lipinski definition) is 5. The molecule has 30 heavy (non-hydrogen) atoms. The third-order valence-corrected chi connectivity index (χ3v) is 4.51. The average molecular weight is 412 g/mol. The molecular formula is C22H28N4O4. The molecule has 0 fully saturated rings. The summed E-state index contributed by atoms with van der Waals surface area (Å²) in [5.41, 5.74) is 1.30. The minimum atomic E-state index is -0.794. The lowest BCUT2D eigenvalue weighted by atomic mass is 10.0. The Kier molecular flexibility index (Phi) is 7.91. The van der Waals surface area contributed by atoms with Gasteiger partial charge in [-0.1, -0.05) is 26.0 Å². The Bertz CT molecular complexity index is 914. The quantitative estimate of drug-likeness (QED) is 0.693. The fourth-order valence-corrected chi connectivity index (χ4v) is 2.88. The van der Waals surface area contributed by atoms with Crippen LogP contribution in [0.4, 0.5) is 5.82 Å². The highest BCUT2D eigenvalue weighted by atomic mass is 16.5. The van der Waals surface area contributed by atoms with Crippen LogP contribution < -0.4 is 15.4 Å². The van der Waals surface area contributed by atoms with Gasteiger partial charge in [-0.2, -0.15) is 0 Å². The van der Waals surface area contributed by atoms with Gasteiger partial charge in [-0.3, -0.25) is 14.4 Å². The lowest BCUT2D eigenvalue weighted by Crippen LogP contribution is -2.51. The van der Waals surface area contributed by atoms with Crippen molar-refractivity contribution in [2.45, 2.75) is 26.8 Å². The normalized spacial score (nSPS) is 11.5. The number of anilines is 1. The first-order valence-corrected chi connectivity index (χ1v) is 9.64. The topological polar surface area (TPSA) is 101 Å². The fourth-order valence-electron chi connectivity index (χ4n) is 2.88. The van der Waals surface area contributed by atoms with E-state index in [9.17, 15) is 14.4 Å². The molecule has 0 aliphatic rings. The molecule has 3 amide bonds. The molecule has 0 bridgehead atoms. The minimum absolute atomic E-state index is 0.164. The summed E-state index contributed by atoms with van der Waals surface area (Å²) in [6, 6.07) is 9.55. The number of aryl methyl sites for hydroxylation is 1. The van der Waals surface area contributed by atoms with Gasteiger partial charge < -0.3 is 20.3 Å². The van der Waals surface area contributed by atoms with Gasteiger partial charge in [0.15, 0.2) is 0 Å². The summed E-state index contributed by atoms with van der Waals surface area (Å²) in [5.74, 6) is -0.487. The van der Waals surface area contributed by atoms with Crippen LogP contribution in [-0.2, 0) is 9.59 Å². The van der Waals surface area contributed by atoms with E-state index in [1.807, 2.05) is 26.8 Å². The Morgan fingerprint density at radius 1 is 1.17 bits per heavy atom. The number of likely N-dealkylation sites (N-methyl/N-ethyl adjacent to an activating group) is 1. The summed E-state index contributed by atoms with van der Waals surface area (Å²) in [6.07, 6.45) is 1.60. The molecule has 1 aromatic heterocycles. The van der Waals surface area contributed by atoms with E-state index in [2.05, 4.69) is 15.6 Å². The predicted molar refractivity (Wildman–Crippen MR) is 114 cm³/mol. The molecule has 1 unspecified atom stereocenters. The standard InChI is InChI=1S/C22H28N4O4/c1-14(2)20(25-21(28)16-8-6-7-9-17(16)30-5)22(29)26(4)13-19(27)24-18-12-15(3)10-11-23-18/h6-12,14,20H,13H2,1-5H3,(H,25,28)(H,23,24,27). The number of nitrogens with one attached hydrogen (secondary N) is 2. The van der Waals surface area contributed by atoms with Crippen molar-refractivity contribution in [3.63, 3.8) is 0 Å². The van der Waals surface area contributed by atoms with Crippen LogP contribution in [0.2, 0.25) is 0 Å². The summed E-state index contributed by atoms with van der Waals surface area (Å²) in [5, 5.41) is 5.43. The molecule has 1 heterocycles. The molecule has 0 radical (unpaired) electrons. The lowest BCUT2D eigenvalue weighted by molar-refractivity contribution is -0.135. The van der Waals surface area contributed by atoms with Crippen LogP contribution in [0.3, 0.4) is 0 Å². The number of hydrogen-bond donors (Lipinski definition) is 2. The number of amides is 3. The Morgan fingerprint density at radius 3 is 2.50 bits per heavy atom. The molecule has 0 saturated heterocycles. The van der Waals surface area contributed by atoms with E-state index in [0.717, 1.165) is 5.56 Å². The highest BCUT2D eigenvalue weighted by Crippen LogP contribution is 2.18. The van der Waals surface area contributed by atoms with E-state index < -0.39 is 11.9 Å². The van der Waals surface area contributed by atoms with Crippen LogP contribution >= 0.6 is 0 Å². The maximum atomic E-state index is 12.9. The van der Waals surface area contributed by atoms with E-state index in [0.29, 0.717) is 17.1 Å². The number of carbonyl (C=O) groups excluding carboxylic acids is 3. The SMILES string of the molecule is COc1ccccc1C(=O)NC(C(=O)N(C)CC(=O)Nc1cc(C)ccn1)C(C)C. The zero-order valence-corrected chi connectivity index (χ0v) is 17.9. The van der Waals surface area contributed by atoms with Crippen molar-refractivity contribution < 1.29 is 19.1 Å². The second-order valence-corrected chi connectivity index (χ2v) is 7.36. The van der Waals surface area contributed by atoms with Crippen molar-refractivity contribution in [3.8, 4) is 5.75 Å². The van der Waals surface area contributed by atoms with Crippen molar-refractivity contribution in [1.82, 2.24) is 15.2 Å². The summed E-state index contributed by atoms with van der Waals surface area (Å²) in [7, 11) is 3.00. The second kappa shape index (κ2) is 10.4. The molecule has 1 aromatic carbocycles. The zero-order chi connectivity index (χ0) is 22.3. The van der Waals surface area contributed by atoms with E-state index in [1.54, 1.807) is 36.5 Å². The van der Waals surface area contributed by atoms with Gasteiger partial charge in [0, 0.05) is 13.2 Å². The van der Waals surface area contributed by atoms with Crippen molar-refractivity contribution in [2.24, 2.45) is 5.92 Å². The Morgan fingerprint density at radius 2 is 1.87 bits per heavy atom. The van der Waals surface area contributed by atoms with Crippen LogP contribution in [-0.4, -0.2) is 54.3 Å². The molecule has 2 rings (SSSR count). The number of methoxy groups -OCH3 is 1. The third kappa shape index (κ3) is 6.04. The summed E-state index contributed by atoms with van der Waals surface area (Å²) in [4.78, 5) is 43.3. The Labute approximate surface area is 176 Å². The predicted octanol–water partition coefficient (Wildman–Crippen LogP) is 2.25. The lowest BCUT2D eigenvalue weighted by Gasteiger charge is -2.27. The average Bonchev–Trinajstić information content (AvgIpc) is 2.70. The van der Waals surface area contributed by atoms with E-state index in [1.165, 1.54) is 19.1 Å². The van der Waals surface area contributed by atoms with Gasteiger partial charge in [0.25, 0.3) is 5.91 Å². The van der Waals surface area contributed by atoms with Crippen molar-refractivity contribution >= 4 is 23.5 Å². The fraction of sp³-hybridized carbons (Fsp3) is 0.364. The van der Waals surface area contributed by atoms with Crippen LogP contribution in [0.5, 0.6) is 5.75 Å². The second-order valence-electron chi connectivity index (χ2n) is 7.36. The molecule has 160 valence electrons. The van der Waals surface area contributed by atoms with Gasteiger partial charge >= 0.3 is 0 Å². The number of ether oxygens (including phenoxy) is 1. The van der Waals surface area contributed by atoms with Crippen LogP contribution in [0, 0.1) is 12.8 Å². The molecule has 0 saturated carbocycles. The van der Waals surface area contributed by atoms with Gasteiger partial charge in [-0.05, 0) is 42.7 Å². The van der Waals surface area contributed by atoms with Crippen molar-refractivity contribution in [3.05, 3.63) is 53.7 Å². The smallest absolute Gasteiger partial charge is 0.255 e. The summed E-state index contributed by atoms with van der Waals surface area (Å²) >= 11 is 0. The monoisotopic (exact) mass is 412 g/mol. The van der Waals surface area contributed by atoms with E-state index >= 15 is 0 Å². The first-order valence-electron chi connectivity index (χ1n) is 9.64. The maximum Gasteiger partial charge on any atom is 0.255 e. The van der Waals surface area contributed by atoms with Gasteiger partial charge in [-0.15, -0.1) is 0 Å². The number of para-hydroxylation sites is 1. The summed E-state index contributed by atoms with van der Waals surface area (Å²) < 4.78 is 5.22. The number of pyridine rings is 1. The number of nitrogens with zero attached hydrogens (tertiary/aromatic N) is 2. The van der Waals surface area contributed by atoms with Crippen LogP contribution in [0.25, 0.3) is 0 Å². The molecule has 0 aliphatic heterocycles. The number of aromatic nitrogens is 1.